The molecule has 0 heterocycles. The van der Waals surface area contributed by atoms with Gasteiger partial charge < -0.3 is 10.3 Å². The normalized spacial score (nSPS) is 9.58. The summed E-state index contributed by atoms with van der Waals surface area (Å²) >= 11 is 0. The van der Waals surface area contributed by atoms with Crippen LogP contribution in [-0.2, 0) is 25.5 Å². The Morgan fingerprint density at radius 3 is 2.58 bits per heavy atom. The largest absolute Gasteiger partial charge is 0.463 e. The molecule has 1 aromatic rings. The van der Waals surface area contributed by atoms with Gasteiger partial charge in [-0.05, 0) is 24.5 Å². The minimum Gasteiger partial charge on any atom is -0.457 e. The molecule has 1 rings (SSSR count). The van der Waals surface area contributed by atoms with E-state index in [9.17, 15) is 14.4 Å². The third-order valence-corrected chi connectivity index (χ3v) is 3.33. The fourth-order valence-corrected chi connectivity index (χ4v) is 2.01. The zero-order chi connectivity index (χ0) is 18.1. The van der Waals surface area contributed by atoms with Gasteiger partial charge in [0.2, 0.25) is 5.91 Å². The molecule has 126 valence electrons. The summed E-state index contributed by atoms with van der Waals surface area (Å²) < 4.78 is 4.61. The van der Waals surface area contributed by atoms with E-state index in [4.69, 9.17) is 5.53 Å². The number of aryl methyl sites for hydroxylation is 1. The first-order valence-electron chi connectivity index (χ1n) is 7.36. The molecular formula is C17H19N3O4. The molecule has 0 saturated heterocycles. The van der Waals surface area contributed by atoms with Gasteiger partial charge in [-0.1, -0.05) is 36.9 Å². The van der Waals surface area contributed by atoms with Gasteiger partial charge in [-0.15, -0.1) is 0 Å². The summed E-state index contributed by atoms with van der Waals surface area (Å²) in [7, 11) is 1.22. The second kappa shape index (κ2) is 9.17. The number of amides is 2. The lowest BCUT2D eigenvalue weighted by molar-refractivity contribution is -0.146. The van der Waals surface area contributed by atoms with Crippen molar-refractivity contribution in [3.05, 3.63) is 47.5 Å². The van der Waals surface area contributed by atoms with Crippen molar-refractivity contribution in [2.75, 3.05) is 13.7 Å². The van der Waals surface area contributed by atoms with E-state index in [0.29, 0.717) is 6.42 Å². The molecule has 0 aromatic heterocycles. The van der Waals surface area contributed by atoms with Gasteiger partial charge in [0.15, 0.2) is 0 Å². The van der Waals surface area contributed by atoms with E-state index in [2.05, 4.69) is 16.1 Å². The molecule has 0 atom stereocenters. The van der Waals surface area contributed by atoms with Crippen molar-refractivity contribution >= 4 is 29.6 Å². The van der Waals surface area contributed by atoms with E-state index in [1.165, 1.54) is 7.05 Å². The van der Waals surface area contributed by atoms with Gasteiger partial charge >= 0.3 is 17.6 Å². The Bertz CT molecular complexity index is 706. The Morgan fingerprint density at radius 1 is 1.33 bits per heavy atom. The zero-order valence-electron chi connectivity index (χ0n) is 13.7. The highest BCUT2D eigenvalue weighted by Gasteiger charge is 2.36. The lowest BCUT2D eigenvalue weighted by Gasteiger charge is -2.13. The first-order chi connectivity index (χ1) is 11.5. The average Bonchev–Trinajstić information content (AvgIpc) is 2.59. The molecule has 0 aliphatic heterocycles. The van der Waals surface area contributed by atoms with Gasteiger partial charge in [-0.3, -0.25) is 14.5 Å². The Balaban J connectivity index is 2.76. The summed E-state index contributed by atoms with van der Waals surface area (Å²) in [5.41, 5.74) is 9.81. The van der Waals surface area contributed by atoms with E-state index in [1.54, 1.807) is 13.0 Å². The van der Waals surface area contributed by atoms with Crippen LogP contribution in [0, 0.1) is 0 Å². The number of nitrogens with zero attached hydrogens (tertiary/aromatic N) is 3. The molecular weight excluding hydrogens is 310 g/mol. The molecule has 7 heteroatoms. The number of carbonyl (C=O) groups excluding carboxylic acids is 3. The molecule has 0 aliphatic carbocycles. The van der Waals surface area contributed by atoms with Crippen LogP contribution < -0.4 is 0 Å². The van der Waals surface area contributed by atoms with Crippen molar-refractivity contribution in [2.45, 2.75) is 19.8 Å². The SMILES string of the molecule is C=Cc1ccccc1CCC(=O)N(C)C(=O)C(=[N+]=[N-])C(=O)OCC. The number of benzene rings is 1. The Kier molecular flexibility index (Phi) is 7.26. The van der Waals surface area contributed by atoms with Crippen molar-refractivity contribution in [3.63, 3.8) is 0 Å². The quantitative estimate of drug-likeness (QED) is 0.249. The molecule has 0 fully saturated rings. The summed E-state index contributed by atoms with van der Waals surface area (Å²) in [4.78, 5) is 39.1. The van der Waals surface area contributed by atoms with Crippen LogP contribution in [-0.4, -0.2) is 46.8 Å². The lowest BCUT2D eigenvalue weighted by Crippen LogP contribution is -2.42. The summed E-state index contributed by atoms with van der Waals surface area (Å²) in [5, 5.41) is 0. The van der Waals surface area contributed by atoms with Crippen LogP contribution in [0.15, 0.2) is 30.8 Å². The maximum atomic E-state index is 12.1. The molecule has 1 aromatic carbocycles. The summed E-state index contributed by atoms with van der Waals surface area (Å²) in [5.74, 6) is -2.61. The van der Waals surface area contributed by atoms with Crippen LogP contribution in [0.2, 0.25) is 0 Å². The molecule has 0 unspecified atom stereocenters. The van der Waals surface area contributed by atoms with Crippen LogP contribution in [0.3, 0.4) is 0 Å². The zero-order valence-corrected chi connectivity index (χ0v) is 13.7. The monoisotopic (exact) mass is 329 g/mol. The van der Waals surface area contributed by atoms with Crippen molar-refractivity contribution < 1.29 is 23.9 Å². The molecule has 0 spiro atoms. The smallest absolute Gasteiger partial charge is 0.457 e. The van der Waals surface area contributed by atoms with Crippen LogP contribution in [0.4, 0.5) is 0 Å². The second-order valence-corrected chi connectivity index (χ2v) is 4.83. The number of hydrogen-bond donors (Lipinski definition) is 0. The highest BCUT2D eigenvalue weighted by atomic mass is 16.5. The third kappa shape index (κ3) is 4.72. The van der Waals surface area contributed by atoms with Crippen molar-refractivity contribution in [3.8, 4) is 0 Å². The van der Waals surface area contributed by atoms with Gasteiger partial charge in [0.1, 0.15) is 0 Å². The predicted octanol–water partition coefficient (Wildman–Crippen LogP) is 1.48. The highest BCUT2D eigenvalue weighted by Crippen LogP contribution is 2.13. The Hall–Kier alpha value is -3.05. The molecule has 2 amide bonds. The minimum absolute atomic E-state index is 0.0150. The third-order valence-electron chi connectivity index (χ3n) is 3.33. The molecule has 0 bridgehead atoms. The fourth-order valence-electron chi connectivity index (χ4n) is 2.01. The fraction of sp³-hybridized carbons (Fsp3) is 0.294. The number of imide groups is 1. The maximum absolute atomic E-state index is 12.1. The summed E-state index contributed by atoms with van der Waals surface area (Å²) in [6, 6.07) is 7.45. The van der Waals surface area contributed by atoms with E-state index < -0.39 is 23.5 Å². The first kappa shape index (κ1) is 19.0. The van der Waals surface area contributed by atoms with Gasteiger partial charge in [0, 0.05) is 13.5 Å². The van der Waals surface area contributed by atoms with Crippen molar-refractivity contribution in [1.29, 1.82) is 0 Å². The molecule has 0 aliphatic rings. The minimum atomic E-state index is -1.08. The maximum Gasteiger partial charge on any atom is 0.463 e. The average molecular weight is 329 g/mol. The topological polar surface area (TPSA) is 100 Å². The molecule has 0 saturated carbocycles. The number of esters is 1. The van der Waals surface area contributed by atoms with Gasteiger partial charge in [-0.2, -0.15) is 4.79 Å². The molecule has 0 radical (unpaired) electrons. The van der Waals surface area contributed by atoms with Gasteiger partial charge in [0.05, 0.1) is 6.61 Å². The van der Waals surface area contributed by atoms with Crippen molar-refractivity contribution in [2.24, 2.45) is 0 Å². The van der Waals surface area contributed by atoms with Crippen molar-refractivity contribution in [1.82, 2.24) is 4.90 Å². The highest BCUT2D eigenvalue weighted by molar-refractivity contribution is 6.62. The van der Waals surface area contributed by atoms with Gasteiger partial charge in [0.25, 0.3) is 0 Å². The van der Waals surface area contributed by atoms with Crippen LogP contribution in [0.25, 0.3) is 11.6 Å². The number of hydrogen-bond acceptors (Lipinski definition) is 4. The number of carbonyl (C=O) groups is 3. The Labute approximate surface area is 140 Å². The standard InChI is InChI=1S/C17H19N3O4/c1-4-12-8-6-7-9-13(12)10-11-14(21)20(3)16(22)15(19-18)17(23)24-5-2/h4,6-9H,1,5,10-11H2,2-3H3. The number of ether oxygens (including phenoxy) is 1. The van der Waals surface area contributed by atoms with Crippen LogP contribution in [0.5, 0.6) is 0 Å². The summed E-state index contributed by atoms with van der Waals surface area (Å²) in [6.07, 6.45) is 2.14. The van der Waals surface area contributed by atoms with E-state index >= 15 is 0 Å². The molecule has 0 N–H and O–H groups in total. The van der Waals surface area contributed by atoms with E-state index in [1.807, 2.05) is 24.3 Å². The lowest BCUT2D eigenvalue weighted by atomic mass is 10.0. The number of rotatable bonds is 7. The van der Waals surface area contributed by atoms with E-state index in [0.717, 1.165) is 16.0 Å². The molecule has 7 nitrogen and oxygen atoms in total. The van der Waals surface area contributed by atoms with Gasteiger partial charge in [-0.25, -0.2) is 4.79 Å². The second-order valence-electron chi connectivity index (χ2n) is 4.83. The van der Waals surface area contributed by atoms with E-state index in [-0.39, 0.29) is 13.0 Å². The molecule has 24 heavy (non-hydrogen) atoms. The predicted molar refractivity (Wildman–Crippen MR) is 87.9 cm³/mol. The van der Waals surface area contributed by atoms with Crippen LogP contribution in [0.1, 0.15) is 24.5 Å². The first-order valence-corrected chi connectivity index (χ1v) is 7.36. The Morgan fingerprint density at radius 2 is 2.00 bits per heavy atom. The van der Waals surface area contributed by atoms with Crippen LogP contribution >= 0.6 is 0 Å². The summed E-state index contributed by atoms with van der Waals surface area (Å²) in [6.45, 7) is 5.27.